The third-order valence-electron chi connectivity index (χ3n) is 3.59. The van der Waals surface area contributed by atoms with Crippen LogP contribution in [0.4, 0.5) is 5.69 Å². The molecule has 1 aromatic rings. The first kappa shape index (κ1) is 15.0. The molecule has 0 aliphatic carbocycles. The molecule has 1 aromatic carbocycles. The van der Waals surface area contributed by atoms with E-state index < -0.39 is 0 Å². The predicted octanol–water partition coefficient (Wildman–Crippen LogP) is 3.89. The molecule has 0 saturated heterocycles. The number of hydrogen-bond acceptors (Lipinski definition) is 2. The Hall–Kier alpha value is -1.02. The molecule has 1 rings (SSSR count). The summed E-state index contributed by atoms with van der Waals surface area (Å²) < 4.78 is 0. The highest BCUT2D eigenvalue weighted by Gasteiger charge is 2.15. The van der Waals surface area contributed by atoms with Crippen LogP contribution in [0.15, 0.2) is 18.2 Å². The van der Waals surface area contributed by atoms with Crippen LogP contribution in [-0.4, -0.2) is 17.7 Å². The number of aryl methyl sites for hydroxylation is 1. The van der Waals surface area contributed by atoms with Crippen LogP contribution < -0.4 is 4.90 Å². The van der Waals surface area contributed by atoms with Gasteiger partial charge in [-0.3, -0.25) is 0 Å². The lowest BCUT2D eigenvalue weighted by molar-refractivity contribution is 0.281. The Bertz CT molecular complexity index is 362. The minimum atomic E-state index is 0.121. The second kappa shape index (κ2) is 7.42. The van der Waals surface area contributed by atoms with E-state index in [2.05, 4.69) is 50.8 Å². The van der Waals surface area contributed by atoms with Crippen LogP contribution in [0.1, 0.15) is 51.2 Å². The van der Waals surface area contributed by atoms with Crippen molar-refractivity contribution in [3.63, 3.8) is 0 Å². The molecule has 0 aliphatic heterocycles. The molecule has 18 heavy (non-hydrogen) atoms. The van der Waals surface area contributed by atoms with Gasteiger partial charge in [0.05, 0.1) is 6.61 Å². The second-order valence-corrected chi connectivity index (χ2v) is 5.09. The van der Waals surface area contributed by atoms with Crippen molar-refractivity contribution < 1.29 is 5.11 Å². The maximum Gasteiger partial charge on any atom is 0.0702 e. The molecule has 0 saturated carbocycles. The highest BCUT2D eigenvalue weighted by Crippen LogP contribution is 2.25. The van der Waals surface area contributed by atoms with Crippen molar-refractivity contribution in [3.8, 4) is 0 Å². The van der Waals surface area contributed by atoms with Gasteiger partial charge in [-0.2, -0.15) is 0 Å². The van der Waals surface area contributed by atoms with Gasteiger partial charge in [-0.15, -0.1) is 0 Å². The van der Waals surface area contributed by atoms with Crippen LogP contribution in [-0.2, 0) is 6.61 Å². The van der Waals surface area contributed by atoms with Gasteiger partial charge >= 0.3 is 0 Å². The Balaban J connectivity index is 3.03. The summed E-state index contributed by atoms with van der Waals surface area (Å²) in [6.07, 6.45) is 3.53. The Morgan fingerprint density at radius 3 is 2.56 bits per heavy atom. The molecule has 0 aromatic heterocycles. The molecule has 0 spiro atoms. The molecule has 2 nitrogen and oxygen atoms in total. The van der Waals surface area contributed by atoms with Crippen molar-refractivity contribution in [2.45, 2.75) is 59.6 Å². The molecule has 0 amide bonds. The normalized spacial score (nSPS) is 12.5. The first-order valence-corrected chi connectivity index (χ1v) is 7.11. The first-order valence-electron chi connectivity index (χ1n) is 7.11. The maximum absolute atomic E-state index is 9.55. The van der Waals surface area contributed by atoms with Crippen LogP contribution in [0.5, 0.6) is 0 Å². The summed E-state index contributed by atoms with van der Waals surface area (Å²) in [6.45, 7) is 9.96. The number of benzene rings is 1. The van der Waals surface area contributed by atoms with Gasteiger partial charge in [-0.1, -0.05) is 38.0 Å². The lowest BCUT2D eigenvalue weighted by Crippen LogP contribution is -2.34. The highest BCUT2D eigenvalue weighted by atomic mass is 16.3. The van der Waals surface area contributed by atoms with Crippen molar-refractivity contribution in [1.29, 1.82) is 0 Å². The van der Waals surface area contributed by atoms with E-state index >= 15 is 0 Å². The number of unbranched alkanes of at least 4 members (excludes halogenated alkanes) is 1. The fourth-order valence-corrected chi connectivity index (χ4v) is 2.25. The summed E-state index contributed by atoms with van der Waals surface area (Å²) in [6, 6.07) is 6.90. The number of rotatable bonds is 7. The minimum Gasteiger partial charge on any atom is -0.392 e. The van der Waals surface area contributed by atoms with Gasteiger partial charge in [-0.05, 0) is 32.8 Å². The van der Waals surface area contributed by atoms with Crippen molar-refractivity contribution in [3.05, 3.63) is 29.3 Å². The molecule has 0 heterocycles. The Morgan fingerprint density at radius 2 is 2.00 bits per heavy atom. The summed E-state index contributed by atoms with van der Waals surface area (Å²) >= 11 is 0. The van der Waals surface area contributed by atoms with E-state index in [-0.39, 0.29) is 6.61 Å². The average Bonchev–Trinajstić information content (AvgIpc) is 2.39. The zero-order valence-corrected chi connectivity index (χ0v) is 12.2. The van der Waals surface area contributed by atoms with Gasteiger partial charge in [0.25, 0.3) is 0 Å². The number of nitrogens with zero attached hydrogens (tertiary/aromatic N) is 1. The largest absolute Gasteiger partial charge is 0.392 e. The zero-order valence-electron chi connectivity index (χ0n) is 12.2. The fraction of sp³-hybridized carbons (Fsp3) is 0.625. The van der Waals surface area contributed by atoms with Crippen LogP contribution in [0, 0.1) is 6.92 Å². The Kier molecular flexibility index (Phi) is 6.20. The number of aliphatic hydroxyl groups excluding tert-OH is 1. The lowest BCUT2D eigenvalue weighted by atomic mass is 10.1. The van der Waals surface area contributed by atoms with Crippen LogP contribution in [0.3, 0.4) is 0 Å². The van der Waals surface area contributed by atoms with E-state index in [0.29, 0.717) is 6.04 Å². The lowest BCUT2D eigenvalue weighted by Gasteiger charge is -2.32. The van der Waals surface area contributed by atoms with Crippen LogP contribution in [0.2, 0.25) is 0 Å². The number of hydrogen-bond donors (Lipinski definition) is 1. The summed E-state index contributed by atoms with van der Waals surface area (Å²) in [7, 11) is 0. The van der Waals surface area contributed by atoms with Crippen molar-refractivity contribution in [2.24, 2.45) is 0 Å². The van der Waals surface area contributed by atoms with Crippen molar-refractivity contribution >= 4 is 5.69 Å². The quantitative estimate of drug-likeness (QED) is 0.792. The molecular weight excluding hydrogens is 222 g/mol. The second-order valence-electron chi connectivity index (χ2n) is 5.09. The summed E-state index contributed by atoms with van der Waals surface area (Å²) in [5.74, 6) is 0. The number of aliphatic hydroxyl groups is 1. The molecule has 1 N–H and O–H groups in total. The van der Waals surface area contributed by atoms with Gasteiger partial charge in [0.1, 0.15) is 0 Å². The van der Waals surface area contributed by atoms with Crippen LogP contribution >= 0.6 is 0 Å². The van der Waals surface area contributed by atoms with Crippen LogP contribution in [0.25, 0.3) is 0 Å². The highest BCUT2D eigenvalue weighted by molar-refractivity contribution is 5.55. The number of anilines is 1. The molecule has 0 aliphatic rings. The minimum absolute atomic E-state index is 0.121. The molecule has 0 fully saturated rings. The average molecular weight is 249 g/mol. The zero-order chi connectivity index (χ0) is 13.5. The van der Waals surface area contributed by atoms with Gasteiger partial charge in [0.15, 0.2) is 0 Å². The summed E-state index contributed by atoms with van der Waals surface area (Å²) in [4.78, 5) is 2.44. The summed E-state index contributed by atoms with van der Waals surface area (Å²) in [5.41, 5.74) is 3.46. The maximum atomic E-state index is 9.55. The predicted molar refractivity (Wildman–Crippen MR) is 79.1 cm³/mol. The Labute approximate surface area is 112 Å². The molecule has 102 valence electrons. The molecule has 1 atom stereocenters. The van der Waals surface area contributed by atoms with E-state index in [4.69, 9.17) is 0 Å². The van der Waals surface area contributed by atoms with Gasteiger partial charge in [0, 0.05) is 23.8 Å². The Morgan fingerprint density at radius 1 is 1.28 bits per heavy atom. The SMILES string of the molecule is CCCCN(c1ccc(C)cc1CO)C(C)CC. The smallest absolute Gasteiger partial charge is 0.0702 e. The van der Waals surface area contributed by atoms with Gasteiger partial charge in [-0.25, -0.2) is 0 Å². The van der Waals surface area contributed by atoms with Gasteiger partial charge < -0.3 is 10.0 Å². The topological polar surface area (TPSA) is 23.5 Å². The molecular formula is C16H27NO. The molecule has 1 unspecified atom stereocenters. The van der Waals surface area contributed by atoms with Crippen molar-refractivity contribution in [2.75, 3.05) is 11.4 Å². The van der Waals surface area contributed by atoms with E-state index in [9.17, 15) is 5.11 Å². The molecule has 0 bridgehead atoms. The van der Waals surface area contributed by atoms with Crippen molar-refractivity contribution in [1.82, 2.24) is 0 Å². The van der Waals surface area contributed by atoms with E-state index in [1.807, 2.05) is 0 Å². The third-order valence-corrected chi connectivity index (χ3v) is 3.59. The molecule has 2 heteroatoms. The van der Waals surface area contributed by atoms with E-state index in [1.54, 1.807) is 0 Å². The monoisotopic (exact) mass is 249 g/mol. The third kappa shape index (κ3) is 3.74. The standard InChI is InChI=1S/C16H27NO/c1-5-7-10-17(14(4)6-2)16-9-8-13(3)11-15(16)12-18/h8-9,11,14,18H,5-7,10,12H2,1-4H3. The summed E-state index contributed by atoms with van der Waals surface area (Å²) in [5, 5.41) is 9.55. The van der Waals surface area contributed by atoms with E-state index in [1.165, 1.54) is 24.1 Å². The molecule has 0 radical (unpaired) electrons. The van der Waals surface area contributed by atoms with E-state index in [0.717, 1.165) is 18.5 Å². The fourth-order valence-electron chi connectivity index (χ4n) is 2.25. The van der Waals surface area contributed by atoms with Gasteiger partial charge in [0.2, 0.25) is 0 Å². The first-order chi connectivity index (χ1) is 8.63.